The second-order valence-electron chi connectivity index (χ2n) is 3.04. The van der Waals surface area contributed by atoms with E-state index in [0.717, 1.165) is 0 Å². The van der Waals surface area contributed by atoms with Gasteiger partial charge in [-0.2, -0.15) is 4.98 Å². The summed E-state index contributed by atoms with van der Waals surface area (Å²) in [6.45, 7) is 2.10. The summed E-state index contributed by atoms with van der Waals surface area (Å²) in [6.07, 6.45) is 2.92. The fourth-order valence-corrected chi connectivity index (χ4v) is 1.19. The topological polar surface area (TPSA) is 57.7 Å². The summed E-state index contributed by atoms with van der Waals surface area (Å²) < 4.78 is 14.8. The third-order valence-electron chi connectivity index (χ3n) is 1.95. The van der Waals surface area contributed by atoms with Gasteiger partial charge in [-0.15, -0.1) is 0 Å². The van der Waals surface area contributed by atoms with Crippen LogP contribution in [0.15, 0.2) is 18.2 Å². The van der Waals surface area contributed by atoms with Crippen LogP contribution >= 0.6 is 0 Å². The minimum absolute atomic E-state index is 0.348. The molecule has 0 fully saturated rings. The largest absolute Gasteiger partial charge is 0.481 e. The number of pyridine rings is 1. The highest BCUT2D eigenvalue weighted by Crippen LogP contribution is 2.20. The van der Waals surface area contributed by atoms with Crippen LogP contribution in [0.2, 0.25) is 0 Å². The Morgan fingerprint density at radius 3 is 2.71 bits per heavy atom. The number of rotatable bonds is 5. The van der Waals surface area contributed by atoms with E-state index < -0.39 is 5.97 Å². The van der Waals surface area contributed by atoms with Gasteiger partial charge in [-0.3, -0.25) is 0 Å². The summed E-state index contributed by atoms with van der Waals surface area (Å²) in [6, 6.07) is 3.44. The molecule has 1 rings (SSSR count). The van der Waals surface area contributed by atoms with E-state index in [1.807, 2.05) is 0 Å². The lowest BCUT2D eigenvalue weighted by molar-refractivity contribution is -0.137. The molecule has 92 valence electrons. The molecule has 0 N–H and O–H groups in total. The lowest BCUT2D eigenvalue weighted by Gasteiger charge is -2.05. The number of hydrogen-bond donors (Lipinski definition) is 0. The molecule has 1 aromatic heterocycles. The van der Waals surface area contributed by atoms with E-state index in [2.05, 4.69) is 4.98 Å². The lowest BCUT2D eigenvalue weighted by atomic mass is 10.2. The Bertz CT molecular complexity index is 415. The number of carbonyl (C=O) groups is 1. The van der Waals surface area contributed by atoms with Gasteiger partial charge >= 0.3 is 5.97 Å². The highest BCUT2D eigenvalue weighted by molar-refractivity contribution is 5.87. The molecule has 1 heterocycles. The molecule has 0 radical (unpaired) electrons. The van der Waals surface area contributed by atoms with Gasteiger partial charge in [0.2, 0.25) is 11.8 Å². The minimum atomic E-state index is -0.398. The smallest absolute Gasteiger partial charge is 0.330 e. The predicted octanol–water partition coefficient (Wildman–Crippen LogP) is 1.68. The van der Waals surface area contributed by atoms with E-state index in [0.29, 0.717) is 23.9 Å². The van der Waals surface area contributed by atoms with Crippen LogP contribution in [-0.2, 0) is 9.53 Å². The van der Waals surface area contributed by atoms with Crippen molar-refractivity contribution in [2.24, 2.45) is 0 Å². The summed E-state index contributed by atoms with van der Waals surface area (Å²) in [5.74, 6) is 0.449. The van der Waals surface area contributed by atoms with Gasteiger partial charge < -0.3 is 14.2 Å². The second-order valence-corrected chi connectivity index (χ2v) is 3.04. The van der Waals surface area contributed by atoms with Crippen LogP contribution in [0.1, 0.15) is 12.5 Å². The van der Waals surface area contributed by atoms with Crippen molar-refractivity contribution in [1.82, 2.24) is 4.98 Å². The maximum absolute atomic E-state index is 11.1. The highest BCUT2D eigenvalue weighted by Gasteiger charge is 2.04. The van der Waals surface area contributed by atoms with Crippen molar-refractivity contribution in [3.8, 4) is 11.8 Å². The molecule has 5 heteroatoms. The van der Waals surface area contributed by atoms with Crippen LogP contribution in [0.25, 0.3) is 6.08 Å². The van der Waals surface area contributed by atoms with Crippen LogP contribution in [0.4, 0.5) is 0 Å². The molecule has 17 heavy (non-hydrogen) atoms. The Labute approximate surface area is 100 Å². The molecule has 0 atom stereocenters. The highest BCUT2D eigenvalue weighted by atomic mass is 16.5. The zero-order valence-corrected chi connectivity index (χ0v) is 10.1. The van der Waals surface area contributed by atoms with Gasteiger partial charge in [0.1, 0.15) is 0 Å². The van der Waals surface area contributed by atoms with Gasteiger partial charge in [0, 0.05) is 17.7 Å². The quantitative estimate of drug-likeness (QED) is 0.576. The number of ether oxygens (including phenoxy) is 3. The lowest BCUT2D eigenvalue weighted by Crippen LogP contribution is -1.99. The summed E-state index contributed by atoms with van der Waals surface area (Å²) in [5.41, 5.74) is 0.682. The first kappa shape index (κ1) is 13.0. The third kappa shape index (κ3) is 3.79. The average Bonchev–Trinajstić information content (AvgIpc) is 2.36. The van der Waals surface area contributed by atoms with Gasteiger partial charge in [0.25, 0.3) is 0 Å². The maximum Gasteiger partial charge on any atom is 0.330 e. The molecule has 0 saturated heterocycles. The molecule has 0 aromatic carbocycles. The standard InChI is InChI=1S/C12H15NO4/c1-4-17-11(14)8-6-9-5-7-10(15-2)13-12(9)16-3/h5-8H,4H2,1-3H3/b8-6+. The molecule has 0 aliphatic heterocycles. The summed E-state index contributed by atoms with van der Waals surface area (Å²) >= 11 is 0. The first-order valence-electron chi connectivity index (χ1n) is 5.15. The number of hydrogen-bond acceptors (Lipinski definition) is 5. The van der Waals surface area contributed by atoms with Gasteiger partial charge in [-0.05, 0) is 19.1 Å². The van der Waals surface area contributed by atoms with Crippen molar-refractivity contribution in [3.05, 3.63) is 23.8 Å². The van der Waals surface area contributed by atoms with Crippen molar-refractivity contribution in [2.75, 3.05) is 20.8 Å². The fourth-order valence-electron chi connectivity index (χ4n) is 1.19. The van der Waals surface area contributed by atoms with Gasteiger partial charge in [0.15, 0.2) is 0 Å². The predicted molar refractivity (Wildman–Crippen MR) is 63.0 cm³/mol. The van der Waals surface area contributed by atoms with Crippen molar-refractivity contribution >= 4 is 12.0 Å². The van der Waals surface area contributed by atoms with E-state index in [-0.39, 0.29) is 0 Å². The molecular weight excluding hydrogens is 222 g/mol. The van der Waals surface area contributed by atoms with Crippen molar-refractivity contribution in [3.63, 3.8) is 0 Å². The Kier molecular flexibility index (Phi) is 5.00. The van der Waals surface area contributed by atoms with Crippen molar-refractivity contribution in [2.45, 2.75) is 6.92 Å². The number of nitrogens with zero attached hydrogens (tertiary/aromatic N) is 1. The second kappa shape index (κ2) is 6.52. The third-order valence-corrected chi connectivity index (χ3v) is 1.95. The molecule has 0 spiro atoms. The Balaban J connectivity index is 2.87. The maximum atomic E-state index is 11.1. The van der Waals surface area contributed by atoms with E-state index >= 15 is 0 Å². The summed E-state index contributed by atoms with van der Waals surface area (Å²) in [5, 5.41) is 0. The van der Waals surface area contributed by atoms with Crippen LogP contribution in [0.3, 0.4) is 0 Å². The van der Waals surface area contributed by atoms with Crippen LogP contribution in [0, 0.1) is 0 Å². The van der Waals surface area contributed by atoms with E-state index in [1.165, 1.54) is 20.3 Å². The van der Waals surface area contributed by atoms with Crippen LogP contribution < -0.4 is 9.47 Å². The Morgan fingerprint density at radius 1 is 1.35 bits per heavy atom. The first-order valence-corrected chi connectivity index (χ1v) is 5.15. The molecule has 5 nitrogen and oxygen atoms in total. The van der Waals surface area contributed by atoms with E-state index in [4.69, 9.17) is 14.2 Å². The van der Waals surface area contributed by atoms with Gasteiger partial charge in [-0.1, -0.05) is 0 Å². The molecule has 1 aromatic rings. The first-order chi connectivity index (χ1) is 8.21. The van der Waals surface area contributed by atoms with Gasteiger partial charge in [-0.25, -0.2) is 4.79 Å². The minimum Gasteiger partial charge on any atom is -0.481 e. The number of carbonyl (C=O) groups excluding carboxylic acids is 1. The SMILES string of the molecule is CCOC(=O)/C=C/c1ccc(OC)nc1OC. The van der Waals surface area contributed by atoms with Crippen LogP contribution in [0.5, 0.6) is 11.8 Å². The molecule has 0 unspecified atom stereocenters. The van der Waals surface area contributed by atoms with Crippen molar-refractivity contribution in [1.29, 1.82) is 0 Å². The van der Waals surface area contributed by atoms with Crippen molar-refractivity contribution < 1.29 is 19.0 Å². The summed E-state index contributed by atoms with van der Waals surface area (Å²) in [7, 11) is 3.03. The van der Waals surface area contributed by atoms with E-state index in [1.54, 1.807) is 25.1 Å². The normalized spacial score (nSPS) is 10.3. The molecule has 0 amide bonds. The fraction of sp³-hybridized carbons (Fsp3) is 0.333. The van der Waals surface area contributed by atoms with Gasteiger partial charge in [0.05, 0.1) is 20.8 Å². The van der Waals surface area contributed by atoms with Crippen LogP contribution in [-0.4, -0.2) is 31.8 Å². The zero-order valence-electron chi connectivity index (χ0n) is 10.1. The average molecular weight is 237 g/mol. The number of aromatic nitrogens is 1. The number of esters is 1. The molecular formula is C12H15NO4. The molecule has 0 bridgehead atoms. The molecule has 0 saturated carbocycles. The Hall–Kier alpha value is -2.04. The monoisotopic (exact) mass is 237 g/mol. The molecule has 0 aliphatic carbocycles. The molecule has 0 aliphatic rings. The van der Waals surface area contributed by atoms with E-state index in [9.17, 15) is 4.79 Å². The number of methoxy groups -OCH3 is 2. The zero-order chi connectivity index (χ0) is 12.7. The Morgan fingerprint density at radius 2 is 2.12 bits per heavy atom. The summed E-state index contributed by atoms with van der Waals surface area (Å²) in [4.78, 5) is 15.2.